The monoisotopic (exact) mass is 347 g/mol. The molecule has 0 saturated heterocycles. The van der Waals surface area contributed by atoms with Crippen LogP contribution in [-0.2, 0) is 0 Å². The molecule has 26 heavy (non-hydrogen) atoms. The third-order valence-corrected chi connectivity index (χ3v) is 4.64. The molecule has 4 rings (SSSR count). The van der Waals surface area contributed by atoms with Gasteiger partial charge in [0, 0.05) is 29.7 Å². The lowest BCUT2D eigenvalue weighted by Gasteiger charge is -2.09. The molecule has 0 unspecified atom stereocenters. The lowest BCUT2D eigenvalue weighted by Crippen LogP contribution is -1.96. The van der Waals surface area contributed by atoms with E-state index in [1.807, 2.05) is 18.2 Å². The Hall–Kier alpha value is -3.15. The van der Waals surface area contributed by atoms with Crippen LogP contribution in [0.15, 0.2) is 42.9 Å². The number of hydrogen-bond acceptors (Lipinski definition) is 5. The van der Waals surface area contributed by atoms with Crippen molar-refractivity contribution in [3.63, 3.8) is 0 Å². The van der Waals surface area contributed by atoms with Crippen LogP contribution in [0.3, 0.4) is 0 Å². The van der Waals surface area contributed by atoms with Crippen molar-refractivity contribution < 1.29 is 4.74 Å². The molecule has 3 heterocycles. The molecule has 3 aromatic rings. The number of aromatic nitrogens is 4. The van der Waals surface area contributed by atoms with Crippen LogP contribution in [-0.4, -0.2) is 27.0 Å². The lowest BCUT2D eigenvalue weighted by atomic mass is 9.99. The molecule has 0 aliphatic heterocycles. The minimum atomic E-state index is 0.368. The highest BCUT2D eigenvalue weighted by molar-refractivity contribution is 5.81. The van der Waals surface area contributed by atoms with Crippen LogP contribution in [0, 0.1) is 0 Å². The zero-order valence-electron chi connectivity index (χ0n) is 14.7. The Bertz CT molecular complexity index is 946. The summed E-state index contributed by atoms with van der Waals surface area (Å²) in [6.45, 7) is 0. The molecule has 3 aromatic heterocycles. The quantitative estimate of drug-likeness (QED) is 0.742. The van der Waals surface area contributed by atoms with Crippen molar-refractivity contribution in [3.8, 4) is 28.3 Å². The highest BCUT2D eigenvalue weighted by Gasteiger charge is 2.18. The fourth-order valence-corrected chi connectivity index (χ4v) is 3.26. The van der Waals surface area contributed by atoms with Gasteiger partial charge in [0.15, 0.2) is 11.6 Å². The van der Waals surface area contributed by atoms with Gasteiger partial charge in [0.05, 0.1) is 18.5 Å². The molecule has 132 valence electrons. The molecule has 0 bridgehead atoms. The Kier molecular flexibility index (Phi) is 4.39. The number of pyridine rings is 2. The van der Waals surface area contributed by atoms with E-state index in [-0.39, 0.29) is 0 Å². The first-order chi connectivity index (χ1) is 12.8. The number of imidazole rings is 1. The van der Waals surface area contributed by atoms with E-state index in [1.54, 1.807) is 25.7 Å². The zero-order valence-corrected chi connectivity index (χ0v) is 14.7. The summed E-state index contributed by atoms with van der Waals surface area (Å²) < 4.78 is 5.33. The molecule has 0 spiro atoms. The second-order valence-corrected chi connectivity index (χ2v) is 6.33. The van der Waals surface area contributed by atoms with Gasteiger partial charge in [0.1, 0.15) is 5.82 Å². The number of ether oxygens (including phenoxy) is 1. The molecule has 0 radical (unpaired) electrons. The van der Waals surface area contributed by atoms with E-state index in [0.29, 0.717) is 11.6 Å². The number of allylic oxidation sites excluding steroid dienone is 2. The maximum absolute atomic E-state index is 5.87. The average Bonchev–Trinajstić information content (AvgIpc) is 3.15. The number of hydrogen-bond donors (Lipinski definition) is 2. The smallest absolute Gasteiger partial charge is 0.166 e. The summed E-state index contributed by atoms with van der Waals surface area (Å²) in [6.07, 6.45) is 12.2. The Balaban J connectivity index is 1.87. The van der Waals surface area contributed by atoms with Gasteiger partial charge in [-0.15, -0.1) is 0 Å². The minimum absolute atomic E-state index is 0.368. The van der Waals surface area contributed by atoms with Crippen LogP contribution in [0.2, 0.25) is 0 Å². The number of nitrogens with zero attached hydrogens (tertiary/aromatic N) is 3. The molecular weight excluding hydrogens is 326 g/mol. The van der Waals surface area contributed by atoms with E-state index in [0.717, 1.165) is 41.2 Å². The summed E-state index contributed by atoms with van der Waals surface area (Å²) in [5.74, 6) is 1.83. The largest absolute Gasteiger partial charge is 0.493 e. The van der Waals surface area contributed by atoms with Crippen molar-refractivity contribution in [2.75, 3.05) is 12.8 Å². The minimum Gasteiger partial charge on any atom is -0.493 e. The van der Waals surface area contributed by atoms with Gasteiger partial charge in [-0.25, -0.2) is 9.97 Å². The summed E-state index contributed by atoms with van der Waals surface area (Å²) in [5.41, 5.74) is 10.8. The van der Waals surface area contributed by atoms with Crippen LogP contribution in [0.1, 0.15) is 31.5 Å². The van der Waals surface area contributed by atoms with Crippen molar-refractivity contribution in [2.45, 2.75) is 25.7 Å². The van der Waals surface area contributed by atoms with Crippen molar-refractivity contribution >= 4 is 11.4 Å². The van der Waals surface area contributed by atoms with Gasteiger partial charge in [0.2, 0.25) is 0 Å². The number of rotatable bonds is 4. The SMILES string of the molecule is COc1cc(-c2nc(C3=CCCCC3)[nH]c2-c2ccncc2)cnc1N. The van der Waals surface area contributed by atoms with Gasteiger partial charge in [-0.1, -0.05) is 6.08 Å². The number of aromatic amines is 1. The summed E-state index contributed by atoms with van der Waals surface area (Å²) in [5, 5.41) is 0. The van der Waals surface area contributed by atoms with Gasteiger partial charge >= 0.3 is 0 Å². The van der Waals surface area contributed by atoms with Crippen LogP contribution in [0.4, 0.5) is 5.82 Å². The Morgan fingerprint density at radius 1 is 1.15 bits per heavy atom. The Morgan fingerprint density at radius 2 is 2.00 bits per heavy atom. The van der Waals surface area contributed by atoms with Gasteiger partial charge in [0.25, 0.3) is 0 Å². The van der Waals surface area contributed by atoms with E-state index in [2.05, 4.69) is 21.0 Å². The number of H-pyrrole nitrogens is 1. The molecule has 6 nitrogen and oxygen atoms in total. The number of nitrogens with two attached hydrogens (primary N) is 1. The van der Waals surface area contributed by atoms with Gasteiger partial charge in [-0.2, -0.15) is 0 Å². The highest BCUT2D eigenvalue weighted by atomic mass is 16.5. The van der Waals surface area contributed by atoms with E-state index >= 15 is 0 Å². The van der Waals surface area contributed by atoms with Gasteiger partial charge in [-0.05, 0) is 49.5 Å². The molecular formula is C20H21N5O. The topological polar surface area (TPSA) is 89.7 Å². The van der Waals surface area contributed by atoms with Crippen molar-refractivity contribution in [1.29, 1.82) is 0 Å². The molecule has 0 amide bonds. The highest BCUT2D eigenvalue weighted by Crippen LogP contribution is 2.35. The van der Waals surface area contributed by atoms with Gasteiger partial charge in [-0.3, -0.25) is 4.98 Å². The fourth-order valence-electron chi connectivity index (χ4n) is 3.26. The molecule has 0 saturated carbocycles. The standard InChI is InChI=1S/C20H21N5O/c1-26-16-11-15(12-23-19(16)21)18-17(13-7-9-22-10-8-13)24-20(25-18)14-5-3-2-4-6-14/h5,7-12H,2-4,6H2,1H3,(H2,21,23)(H,24,25). The van der Waals surface area contributed by atoms with Crippen LogP contribution in [0.5, 0.6) is 5.75 Å². The molecule has 0 aromatic carbocycles. The molecule has 6 heteroatoms. The molecule has 0 fully saturated rings. The third-order valence-electron chi connectivity index (χ3n) is 4.64. The summed E-state index contributed by atoms with van der Waals surface area (Å²) in [4.78, 5) is 16.8. The van der Waals surface area contributed by atoms with Crippen molar-refractivity contribution in [3.05, 3.63) is 48.7 Å². The normalized spacial score (nSPS) is 14.1. The van der Waals surface area contributed by atoms with E-state index in [4.69, 9.17) is 15.5 Å². The first-order valence-electron chi connectivity index (χ1n) is 8.76. The maximum Gasteiger partial charge on any atom is 0.166 e. The lowest BCUT2D eigenvalue weighted by molar-refractivity contribution is 0.415. The van der Waals surface area contributed by atoms with Crippen molar-refractivity contribution in [2.24, 2.45) is 0 Å². The number of nitrogens with one attached hydrogen (secondary N) is 1. The third kappa shape index (κ3) is 3.06. The summed E-state index contributed by atoms with van der Waals surface area (Å²) in [7, 11) is 1.59. The van der Waals surface area contributed by atoms with Gasteiger partial charge < -0.3 is 15.5 Å². The molecule has 1 aliphatic carbocycles. The summed E-state index contributed by atoms with van der Waals surface area (Å²) >= 11 is 0. The van der Waals surface area contributed by atoms with E-state index < -0.39 is 0 Å². The molecule has 3 N–H and O–H groups in total. The number of nitrogen functional groups attached to an aromatic ring is 1. The fraction of sp³-hybridized carbons (Fsp3) is 0.250. The van der Waals surface area contributed by atoms with Crippen LogP contribution < -0.4 is 10.5 Å². The Labute approximate surface area is 152 Å². The zero-order chi connectivity index (χ0) is 17.9. The first-order valence-corrected chi connectivity index (χ1v) is 8.76. The average molecular weight is 347 g/mol. The van der Waals surface area contributed by atoms with E-state index in [9.17, 15) is 0 Å². The number of methoxy groups -OCH3 is 1. The molecule has 1 aliphatic rings. The van der Waals surface area contributed by atoms with Crippen LogP contribution >= 0.6 is 0 Å². The number of anilines is 1. The second-order valence-electron chi connectivity index (χ2n) is 6.33. The Morgan fingerprint density at radius 3 is 2.73 bits per heavy atom. The molecule has 0 atom stereocenters. The van der Waals surface area contributed by atoms with Crippen LogP contribution in [0.25, 0.3) is 28.1 Å². The second kappa shape index (κ2) is 7.00. The summed E-state index contributed by atoms with van der Waals surface area (Å²) in [6, 6.07) is 5.82. The predicted octanol–water partition coefficient (Wildman–Crippen LogP) is 4.08. The van der Waals surface area contributed by atoms with Crippen molar-refractivity contribution in [1.82, 2.24) is 19.9 Å². The van der Waals surface area contributed by atoms with E-state index in [1.165, 1.54) is 18.4 Å². The maximum atomic E-state index is 5.87. The predicted molar refractivity (Wildman–Crippen MR) is 102 cm³/mol. The first kappa shape index (κ1) is 16.3.